The molecule has 1 aliphatic rings. The van der Waals surface area contributed by atoms with E-state index in [1.165, 1.54) is 0 Å². The van der Waals surface area contributed by atoms with E-state index >= 15 is 0 Å². The van der Waals surface area contributed by atoms with Crippen LogP contribution in [0.3, 0.4) is 0 Å². The normalized spacial score (nSPS) is 15.4. The maximum Gasteiger partial charge on any atom is 0.407 e. The highest BCUT2D eigenvalue weighted by Gasteiger charge is 2.32. The SMILES string of the molecule is CCNC(=NCc1ncc(C(C)(C)C)o1)NCC(NC(=O)OCC)C1CC1.I. The van der Waals surface area contributed by atoms with Crippen molar-refractivity contribution in [1.82, 2.24) is 20.9 Å². The third-order valence-corrected chi connectivity index (χ3v) is 4.27. The highest BCUT2D eigenvalue weighted by molar-refractivity contribution is 14.0. The molecule has 1 aromatic heterocycles. The monoisotopic (exact) mass is 507 g/mol. The first-order valence-corrected chi connectivity index (χ1v) is 9.74. The molecular formula is C19H34IN5O3. The average molecular weight is 507 g/mol. The summed E-state index contributed by atoms with van der Waals surface area (Å²) < 4.78 is 10.8. The van der Waals surface area contributed by atoms with E-state index in [-0.39, 0.29) is 41.5 Å². The Morgan fingerprint density at radius 1 is 1.36 bits per heavy atom. The van der Waals surface area contributed by atoms with Crippen molar-refractivity contribution in [2.45, 2.75) is 65.5 Å². The number of rotatable bonds is 8. The number of carbonyl (C=O) groups is 1. The number of oxazole rings is 1. The Labute approximate surface area is 184 Å². The van der Waals surface area contributed by atoms with Crippen LogP contribution in [0.25, 0.3) is 0 Å². The fraction of sp³-hybridized carbons (Fsp3) is 0.737. The molecule has 1 aliphatic carbocycles. The van der Waals surface area contributed by atoms with E-state index in [9.17, 15) is 4.79 Å². The number of aromatic nitrogens is 1. The van der Waals surface area contributed by atoms with E-state index in [2.05, 4.69) is 46.7 Å². The fourth-order valence-electron chi connectivity index (χ4n) is 2.58. The Morgan fingerprint density at radius 2 is 2.07 bits per heavy atom. The lowest BCUT2D eigenvalue weighted by molar-refractivity contribution is 0.146. The van der Waals surface area contributed by atoms with Crippen LogP contribution in [-0.2, 0) is 16.7 Å². The highest BCUT2D eigenvalue weighted by Crippen LogP contribution is 2.32. The molecule has 8 nitrogen and oxygen atoms in total. The molecule has 2 rings (SSSR count). The summed E-state index contributed by atoms with van der Waals surface area (Å²) in [4.78, 5) is 20.6. The van der Waals surface area contributed by atoms with Gasteiger partial charge in [-0.2, -0.15) is 0 Å². The molecular weight excluding hydrogens is 473 g/mol. The molecule has 0 saturated heterocycles. The standard InChI is InChI=1S/C19H33N5O3.HI/c1-6-20-17(23-12-16-21-11-15(27-16)19(3,4)5)22-10-14(13-8-9-13)24-18(25)26-7-2;/h11,13-14H,6-10,12H2,1-5H3,(H,24,25)(H2,20,22,23);1H. The second-order valence-electron chi connectivity index (χ2n) is 7.75. The molecule has 0 radical (unpaired) electrons. The summed E-state index contributed by atoms with van der Waals surface area (Å²) in [7, 11) is 0. The van der Waals surface area contributed by atoms with Crippen LogP contribution < -0.4 is 16.0 Å². The smallest absolute Gasteiger partial charge is 0.407 e. The Hall–Kier alpha value is -1.52. The molecule has 0 aliphatic heterocycles. The Kier molecular flexibility index (Phi) is 10.0. The molecule has 1 fully saturated rings. The van der Waals surface area contributed by atoms with E-state index in [0.29, 0.717) is 37.5 Å². The number of amides is 1. The van der Waals surface area contributed by atoms with Crippen molar-refractivity contribution >= 4 is 36.0 Å². The van der Waals surface area contributed by atoms with Crippen molar-refractivity contribution in [3.05, 3.63) is 17.8 Å². The summed E-state index contributed by atoms with van der Waals surface area (Å²) in [5.74, 6) is 2.59. The van der Waals surface area contributed by atoms with Crippen LogP contribution in [0.4, 0.5) is 4.79 Å². The molecule has 1 unspecified atom stereocenters. The van der Waals surface area contributed by atoms with Crippen LogP contribution in [0.5, 0.6) is 0 Å². The topological polar surface area (TPSA) is 101 Å². The second kappa shape index (κ2) is 11.5. The fourth-order valence-corrected chi connectivity index (χ4v) is 2.58. The number of ether oxygens (including phenoxy) is 1. The van der Waals surface area contributed by atoms with Crippen LogP contribution in [0.15, 0.2) is 15.6 Å². The van der Waals surface area contributed by atoms with Gasteiger partial charge in [-0.25, -0.2) is 14.8 Å². The Morgan fingerprint density at radius 3 is 2.61 bits per heavy atom. The van der Waals surface area contributed by atoms with Crippen LogP contribution in [0.1, 0.15) is 59.1 Å². The van der Waals surface area contributed by atoms with Crippen LogP contribution in [-0.4, -0.2) is 42.8 Å². The zero-order valence-corrected chi connectivity index (χ0v) is 19.8. The van der Waals surface area contributed by atoms with Gasteiger partial charge in [0.2, 0.25) is 5.89 Å². The summed E-state index contributed by atoms with van der Waals surface area (Å²) in [6, 6.07) is 0.0298. The number of hydrogen-bond acceptors (Lipinski definition) is 5. The van der Waals surface area contributed by atoms with Crippen molar-refractivity contribution in [2.75, 3.05) is 19.7 Å². The predicted octanol–water partition coefficient (Wildman–Crippen LogP) is 3.17. The molecule has 1 saturated carbocycles. The molecule has 0 bridgehead atoms. The number of nitrogens with one attached hydrogen (secondary N) is 3. The third-order valence-electron chi connectivity index (χ3n) is 4.27. The number of alkyl carbamates (subject to hydrolysis) is 1. The van der Waals surface area contributed by atoms with Gasteiger partial charge in [0, 0.05) is 18.5 Å². The lowest BCUT2D eigenvalue weighted by Gasteiger charge is -2.20. The van der Waals surface area contributed by atoms with Gasteiger partial charge >= 0.3 is 6.09 Å². The van der Waals surface area contributed by atoms with Crippen LogP contribution in [0.2, 0.25) is 0 Å². The average Bonchev–Trinajstić information content (AvgIpc) is 3.32. The van der Waals surface area contributed by atoms with E-state index < -0.39 is 0 Å². The summed E-state index contributed by atoms with van der Waals surface area (Å²) >= 11 is 0. The molecule has 0 spiro atoms. The molecule has 28 heavy (non-hydrogen) atoms. The minimum Gasteiger partial charge on any atom is -0.450 e. The molecule has 3 N–H and O–H groups in total. The lowest BCUT2D eigenvalue weighted by atomic mass is 9.94. The number of halogens is 1. The van der Waals surface area contributed by atoms with Gasteiger partial charge in [0.05, 0.1) is 18.8 Å². The first kappa shape index (κ1) is 24.5. The van der Waals surface area contributed by atoms with Crippen molar-refractivity contribution in [3.63, 3.8) is 0 Å². The van der Waals surface area contributed by atoms with E-state index in [4.69, 9.17) is 9.15 Å². The van der Waals surface area contributed by atoms with Crippen molar-refractivity contribution < 1.29 is 13.9 Å². The maximum atomic E-state index is 11.7. The second-order valence-corrected chi connectivity index (χ2v) is 7.75. The van der Waals surface area contributed by atoms with Gasteiger partial charge in [-0.3, -0.25) is 0 Å². The highest BCUT2D eigenvalue weighted by atomic mass is 127. The van der Waals surface area contributed by atoms with Gasteiger partial charge < -0.3 is 25.1 Å². The molecule has 1 aromatic rings. The van der Waals surface area contributed by atoms with Gasteiger partial charge in [-0.15, -0.1) is 24.0 Å². The summed E-state index contributed by atoms with van der Waals surface area (Å²) in [5.41, 5.74) is -0.0754. The zero-order valence-electron chi connectivity index (χ0n) is 17.5. The maximum absolute atomic E-state index is 11.7. The number of hydrogen-bond donors (Lipinski definition) is 3. The van der Waals surface area contributed by atoms with Crippen molar-refractivity contribution in [2.24, 2.45) is 10.9 Å². The molecule has 0 aromatic carbocycles. The van der Waals surface area contributed by atoms with Gasteiger partial charge in [0.1, 0.15) is 12.3 Å². The van der Waals surface area contributed by atoms with E-state index in [1.807, 2.05) is 6.92 Å². The van der Waals surface area contributed by atoms with Crippen LogP contribution in [0, 0.1) is 5.92 Å². The van der Waals surface area contributed by atoms with Crippen molar-refractivity contribution in [3.8, 4) is 0 Å². The first-order chi connectivity index (χ1) is 12.8. The zero-order chi connectivity index (χ0) is 19.9. The largest absolute Gasteiger partial charge is 0.450 e. The number of carbonyl (C=O) groups excluding carboxylic acids is 1. The number of nitrogens with zero attached hydrogens (tertiary/aromatic N) is 2. The van der Waals surface area contributed by atoms with Crippen LogP contribution >= 0.6 is 24.0 Å². The predicted molar refractivity (Wildman–Crippen MR) is 120 cm³/mol. The summed E-state index contributed by atoms with van der Waals surface area (Å²) in [5, 5.41) is 9.44. The number of guanidine groups is 1. The van der Waals surface area contributed by atoms with E-state index in [1.54, 1.807) is 13.1 Å². The Balaban J connectivity index is 0.00000392. The molecule has 160 valence electrons. The van der Waals surface area contributed by atoms with Gasteiger partial charge in [0.25, 0.3) is 0 Å². The quantitative estimate of drug-likeness (QED) is 0.284. The third kappa shape index (κ3) is 8.24. The number of aliphatic imine (C=N–C) groups is 1. The lowest BCUT2D eigenvalue weighted by Crippen LogP contribution is -2.48. The molecule has 1 amide bonds. The molecule has 1 atom stereocenters. The summed E-state index contributed by atoms with van der Waals surface area (Å²) in [6.07, 6.45) is 3.64. The molecule has 1 heterocycles. The van der Waals surface area contributed by atoms with Crippen molar-refractivity contribution in [1.29, 1.82) is 0 Å². The van der Waals surface area contributed by atoms with Gasteiger partial charge in [-0.1, -0.05) is 20.8 Å². The molecule has 9 heteroatoms. The van der Waals surface area contributed by atoms with Gasteiger partial charge in [0.15, 0.2) is 5.96 Å². The minimum atomic E-state index is -0.368. The summed E-state index contributed by atoms with van der Waals surface area (Å²) in [6.45, 7) is 12.1. The van der Waals surface area contributed by atoms with Gasteiger partial charge in [-0.05, 0) is 32.6 Å². The van der Waals surface area contributed by atoms with E-state index in [0.717, 1.165) is 25.1 Å². The minimum absolute atomic E-state index is 0. The first-order valence-electron chi connectivity index (χ1n) is 9.74. The Bertz CT molecular complexity index is 638.